The molecule has 1 amide bonds. The summed E-state index contributed by atoms with van der Waals surface area (Å²) in [5, 5.41) is 5.43. The van der Waals surface area contributed by atoms with Crippen LogP contribution in [0.2, 0.25) is 0 Å². The van der Waals surface area contributed by atoms with Gasteiger partial charge in [-0.05, 0) is 49.6 Å². The van der Waals surface area contributed by atoms with Gasteiger partial charge >= 0.3 is 0 Å². The molecule has 27 heavy (non-hydrogen) atoms. The fourth-order valence-corrected chi connectivity index (χ4v) is 3.56. The Morgan fingerprint density at radius 1 is 1.19 bits per heavy atom. The van der Waals surface area contributed by atoms with Crippen molar-refractivity contribution in [3.8, 4) is 17.0 Å². The largest absolute Gasteiger partial charge is 0.493 e. The molecule has 0 fully saturated rings. The third-order valence-corrected chi connectivity index (χ3v) is 5.54. The molecule has 4 nitrogen and oxygen atoms in total. The van der Waals surface area contributed by atoms with E-state index in [4.69, 9.17) is 4.74 Å². The lowest BCUT2D eigenvalue weighted by Crippen LogP contribution is -2.12. The highest BCUT2D eigenvalue weighted by Crippen LogP contribution is 2.26. The van der Waals surface area contributed by atoms with Gasteiger partial charge in [-0.2, -0.15) is 0 Å². The van der Waals surface area contributed by atoms with Crippen molar-refractivity contribution in [2.24, 2.45) is 0 Å². The summed E-state index contributed by atoms with van der Waals surface area (Å²) in [6.45, 7) is 4.62. The van der Waals surface area contributed by atoms with Crippen molar-refractivity contribution in [3.05, 3.63) is 63.4 Å². The lowest BCUT2D eigenvalue weighted by atomic mass is 10.1. The number of anilines is 1. The minimum absolute atomic E-state index is 0.0451. The first-order valence-electron chi connectivity index (χ1n) is 8.73. The molecule has 1 heterocycles. The van der Waals surface area contributed by atoms with Crippen LogP contribution < -0.4 is 10.1 Å². The summed E-state index contributed by atoms with van der Waals surface area (Å²) in [6, 6.07) is 13.9. The van der Waals surface area contributed by atoms with Crippen LogP contribution in [0, 0.1) is 13.8 Å². The number of rotatable bonds is 7. The molecule has 0 saturated heterocycles. The highest BCUT2D eigenvalue weighted by molar-refractivity contribution is 9.10. The van der Waals surface area contributed by atoms with Crippen LogP contribution in [0.15, 0.2) is 52.3 Å². The van der Waals surface area contributed by atoms with Crippen LogP contribution in [-0.4, -0.2) is 17.5 Å². The van der Waals surface area contributed by atoms with Gasteiger partial charge in [0.2, 0.25) is 5.91 Å². The molecule has 0 saturated carbocycles. The molecule has 0 radical (unpaired) electrons. The minimum atomic E-state index is -0.0451. The zero-order chi connectivity index (χ0) is 19.2. The first-order valence-corrected chi connectivity index (χ1v) is 10.4. The molecular formula is C21H21BrN2O2S. The van der Waals surface area contributed by atoms with E-state index in [-0.39, 0.29) is 5.91 Å². The predicted octanol–water partition coefficient (Wildman–Crippen LogP) is 5.99. The smallest absolute Gasteiger partial charge is 0.226 e. The summed E-state index contributed by atoms with van der Waals surface area (Å²) in [5.41, 5.74) is 4.23. The zero-order valence-electron chi connectivity index (χ0n) is 15.3. The number of hydrogen-bond acceptors (Lipinski definition) is 4. The number of carbonyl (C=O) groups is 1. The van der Waals surface area contributed by atoms with E-state index in [1.807, 2.05) is 48.7 Å². The number of amides is 1. The zero-order valence-corrected chi connectivity index (χ0v) is 17.7. The Morgan fingerprint density at radius 3 is 2.74 bits per heavy atom. The maximum absolute atomic E-state index is 12.1. The van der Waals surface area contributed by atoms with E-state index in [1.54, 1.807) is 0 Å². The summed E-state index contributed by atoms with van der Waals surface area (Å²) in [7, 11) is 0. The molecule has 3 aromatic rings. The summed E-state index contributed by atoms with van der Waals surface area (Å²) in [6.07, 6.45) is 1.06. The average molecular weight is 445 g/mol. The molecule has 1 N–H and O–H groups in total. The Bertz CT molecular complexity index is 922. The third-order valence-electron chi connectivity index (χ3n) is 4.25. The van der Waals surface area contributed by atoms with Gasteiger partial charge in [-0.3, -0.25) is 4.79 Å². The molecular weight excluding hydrogens is 424 g/mol. The predicted molar refractivity (Wildman–Crippen MR) is 115 cm³/mol. The second kappa shape index (κ2) is 9.15. The fraction of sp³-hybridized carbons (Fsp3) is 0.238. The molecule has 0 aliphatic heterocycles. The molecule has 1 aromatic heterocycles. The van der Waals surface area contributed by atoms with Crippen LogP contribution >= 0.6 is 27.3 Å². The summed E-state index contributed by atoms with van der Waals surface area (Å²) < 4.78 is 6.82. The summed E-state index contributed by atoms with van der Waals surface area (Å²) >= 11 is 4.85. The molecule has 0 bridgehead atoms. The van der Waals surface area contributed by atoms with Gasteiger partial charge in [-0.15, -0.1) is 11.3 Å². The molecule has 0 aliphatic rings. The molecule has 140 valence electrons. The Labute approximate surface area is 171 Å². The van der Waals surface area contributed by atoms with Gasteiger partial charge in [0, 0.05) is 21.8 Å². The fourth-order valence-electron chi connectivity index (χ4n) is 2.56. The van der Waals surface area contributed by atoms with Gasteiger partial charge in [-0.25, -0.2) is 4.98 Å². The number of hydrogen-bond donors (Lipinski definition) is 1. The van der Waals surface area contributed by atoms with Gasteiger partial charge in [0.05, 0.1) is 12.3 Å². The van der Waals surface area contributed by atoms with Crippen molar-refractivity contribution in [3.63, 3.8) is 0 Å². The Balaban J connectivity index is 1.46. The second-order valence-corrected chi connectivity index (χ2v) is 8.02. The van der Waals surface area contributed by atoms with E-state index in [0.29, 0.717) is 24.6 Å². The molecule has 0 spiro atoms. The SMILES string of the molecule is Cc1cccc(OCCCC(=O)Nc2nc(-c3ccc(Br)cc3)cs2)c1C. The Kier molecular flexibility index (Phi) is 6.63. The highest BCUT2D eigenvalue weighted by atomic mass is 79.9. The molecule has 0 unspecified atom stereocenters. The number of carbonyl (C=O) groups excluding carboxylic acids is 1. The van der Waals surface area contributed by atoms with E-state index in [2.05, 4.69) is 39.2 Å². The molecule has 6 heteroatoms. The Hall–Kier alpha value is -2.18. The van der Waals surface area contributed by atoms with Crippen LogP contribution in [0.5, 0.6) is 5.75 Å². The number of ether oxygens (including phenoxy) is 1. The number of nitrogens with one attached hydrogen (secondary N) is 1. The normalized spacial score (nSPS) is 10.6. The quantitative estimate of drug-likeness (QED) is 0.455. The van der Waals surface area contributed by atoms with E-state index in [1.165, 1.54) is 16.9 Å². The number of nitrogens with zero attached hydrogens (tertiary/aromatic N) is 1. The number of halogens is 1. The number of benzene rings is 2. The number of thiazole rings is 1. The minimum Gasteiger partial charge on any atom is -0.493 e. The van der Waals surface area contributed by atoms with E-state index < -0.39 is 0 Å². The molecule has 0 aliphatic carbocycles. The van der Waals surface area contributed by atoms with Crippen molar-refractivity contribution in [2.75, 3.05) is 11.9 Å². The number of aryl methyl sites for hydroxylation is 1. The van der Waals surface area contributed by atoms with Crippen molar-refractivity contribution in [1.82, 2.24) is 4.98 Å². The average Bonchev–Trinajstić information content (AvgIpc) is 3.11. The van der Waals surface area contributed by atoms with Gasteiger partial charge in [-0.1, -0.05) is 40.2 Å². The van der Waals surface area contributed by atoms with Crippen LogP contribution in [0.3, 0.4) is 0 Å². The summed E-state index contributed by atoms with van der Waals surface area (Å²) in [4.78, 5) is 16.6. The molecule has 0 atom stereocenters. The van der Waals surface area contributed by atoms with Crippen molar-refractivity contribution in [1.29, 1.82) is 0 Å². The van der Waals surface area contributed by atoms with E-state index in [9.17, 15) is 4.79 Å². The standard InChI is InChI=1S/C21H21BrN2O2S/c1-14-5-3-6-19(15(14)2)26-12-4-7-20(25)24-21-23-18(13-27-21)16-8-10-17(22)11-9-16/h3,5-6,8-11,13H,4,7,12H2,1-2H3,(H,23,24,25). The maximum Gasteiger partial charge on any atom is 0.226 e. The van der Waals surface area contributed by atoms with Gasteiger partial charge in [0.1, 0.15) is 5.75 Å². The monoisotopic (exact) mass is 444 g/mol. The first kappa shape index (κ1) is 19.6. The second-order valence-electron chi connectivity index (χ2n) is 6.24. The van der Waals surface area contributed by atoms with E-state index in [0.717, 1.165) is 27.0 Å². The lowest BCUT2D eigenvalue weighted by Gasteiger charge is -2.10. The summed E-state index contributed by atoms with van der Waals surface area (Å²) in [5.74, 6) is 0.839. The van der Waals surface area contributed by atoms with E-state index >= 15 is 0 Å². The lowest BCUT2D eigenvalue weighted by molar-refractivity contribution is -0.116. The van der Waals surface area contributed by atoms with Gasteiger partial charge in [0.25, 0.3) is 0 Å². The van der Waals surface area contributed by atoms with Crippen LogP contribution in [0.4, 0.5) is 5.13 Å². The Morgan fingerprint density at radius 2 is 1.96 bits per heavy atom. The van der Waals surface area contributed by atoms with Crippen molar-refractivity contribution < 1.29 is 9.53 Å². The van der Waals surface area contributed by atoms with Crippen LogP contribution in [-0.2, 0) is 4.79 Å². The maximum atomic E-state index is 12.1. The first-order chi connectivity index (χ1) is 13.0. The van der Waals surface area contributed by atoms with Crippen LogP contribution in [0.1, 0.15) is 24.0 Å². The topological polar surface area (TPSA) is 51.2 Å². The third kappa shape index (κ3) is 5.40. The molecule has 3 rings (SSSR count). The van der Waals surface area contributed by atoms with Crippen LogP contribution in [0.25, 0.3) is 11.3 Å². The molecule has 2 aromatic carbocycles. The van der Waals surface area contributed by atoms with Gasteiger partial charge in [0.15, 0.2) is 5.13 Å². The van der Waals surface area contributed by atoms with Gasteiger partial charge < -0.3 is 10.1 Å². The van der Waals surface area contributed by atoms with Crippen molar-refractivity contribution in [2.45, 2.75) is 26.7 Å². The highest BCUT2D eigenvalue weighted by Gasteiger charge is 2.09. The number of aromatic nitrogens is 1. The van der Waals surface area contributed by atoms with Crippen molar-refractivity contribution >= 4 is 38.3 Å².